The zero-order chi connectivity index (χ0) is 17.0. The molecule has 2 aromatic rings. The van der Waals surface area contributed by atoms with Crippen LogP contribution in [0.25, 0.3) is 0 Å². The number of imidazole rings is 1. The van der Waals surface area contributed by atoms with Gasteiger partial charge in [0, 0.05) is 25.5 Å². The van der Waals surface area contributed by atoms with Gasteiger partial charge in [-0.2, -0.15) is 0 Å². The Hall–Kier alpha value is -2.70. The molecule has 1 aromatic heterocycles. The van der Waals surface area contributed by atoms with Crippen LogP contribution >= 0.6 is 0 Å². The van der Waals surface area contributed by atoms with Crippen molar-refractivity contribution < 1.29 is 14.3 Å². The maximum absolute atomic E-state index is 12.1. The number of carbonyl (C=O) groups is 1. The van der Waals surface area contributed by atoms with Gasteiger partial charge in [0.1, 0.15) is 0 Å². The number of amides is 2. The summed E-state index contributed by atoms with van der Waals surface area (Å²) in [6, 6.07) is 5.52. The molecule has 0 unspecified atom stereocenters. The third-order valence-corrected chi connectivity index (χ3v) is 3.96. The van der Waals surface area contributed by atoms with E-state index in [2.05, 4.69) is 15.6 Å². The fraction of sp³-hybridized carbons (Fsp3) is 0.412. The van der Waals surface area contributed by atoms with Gasteiger partial charge < -0.3 is 24.7 Å². The van der Waals surface area contributed by atoms with Gasteiger partial charge in [-0.3, -0.25) is 0 Å². The van der Waals surface area contributed by atoms with Gasteiger partial charge in [-0.05, 0) is 38.0 Å². The molecule has 0 bridgehead atoms. The van der Waals surface area contributed by atoms with Crippen molar-refractivity contribution in [2.75, 3.05) is 13.3 Å². The van der Waals surface area contributed by atoms with Crippen molar-refractivity contribution >= 4 is 6.03 Å². The minimum absolute atomic E-state index is 0.191. The summed E-state index contributed by atoms with van der Waals surface area (Å²) in [7, 11) is 0. The first-order valence-corrected chi connectivity index (χ1v) is 7.96. The molecule has 2 amide bonds. The van der Waals surface area contributed by atoms with Gasteiger partial charge in [0.05, 0.1) is 11.9 Å². The van der Waals surface area contributed by atoms with E-state index in [-0.39, 0.29) is 12.8 Å². The van der Waals surface area contributed by atoms with Crippen LogP contribution in [-0.2, 0) is 12.1 Å². The standard InChI is InChI=1S/C17H22N4O3/c1-17(2,13-4-5-14-15(10-13)24-12-23-14)20-16(22)19-6-3-8-21-9-7-18-11-21/h4-5,7,9-11H,3,6,8,12H2,1-2H3,(H2,19,20,22). The Morgan fingerprint density at radius 3 is 2.96 bits per heavy atom. The van der Waals surface area contributed by atoms with E-state index in [0.29, 0.717) is 12.3 Å². The highest BCUT2D eigenvalue weighted by atomic mass is 16.7. The lowest BCUT2D eigenvalue weighted by Gasteiger charge is -2.27. The number of carbonyl (C=O) groups excluding carboxylic acids is 1. The Bertz CT molecular complexity index is 698. The highest BCUT2D eigenvalue weighted by Crippen LogP contribution is 2.35. The van der Waals surface area contributed by atoms with Crippen LogP contribution in [0.4, 0.5) is 4.79 Å². The number of hydrogen-bond acceptors (Lipinski definition) is 4. The highest BCUT2D eigenvalue weighted by molar-refractivity contribution is 5.75. The number of nitrogens with zero attached hydrogens (tertiary/aromatic N) is 2. The SMILES string of the molecule is CC(C)(NC(=O)NCCCn1ccnc1)c1ccc2c(c1)OCO2. The zero-order valence-corrected chi connectivity index (χ0v) is 13.9. The highest BCUT2D eigenvalue weighted by Gasteiger charge is 2.25. The summed E-state index contributed by atoms with van der Waals surface area (Å²) in [5, 5.41) is 5.88. The second-order valence-electron chi connectivity index (χ2n) is 6.23. The van der Waals surface area contributed by atoms with E-state index in [0.717, 1.165) is 24.3 Å². The number of rotatable bonds is 6. The lowest BCUT2D eigenvalue weighted by molar-refractivity contribution is 0.174. The quantitative estimate of drug-likeness (QED) is 0.796. The topological polar surface area (TPSA) is 77.4 Å². The first-order valence-electron chi connectivity index (χ1n) is 7.96. The molecule has 0 spiro atoms. The van der Waals surface area contributed by atoms with Gasteiger partial charge in [0.15, 0.2) is 11.5 Å². The summed E-state index contributed by atoms with van der Waals surface area (Å²) in [6.07, 6.45) is 6.26. The van der Waals surface area contributed by atoms with Crippen LogP contribution in [0.1, 0.15) is 25.8 Å². The molecule has 0 radical (unpaired) electrons. The number of urea groups is 1. The van der Waals surface area contributed by atoms with Gasteiger partial charge in [-0.25, -0.2) is 9.78 Å². The molecule has 2 heterocycles. The van der Waals surface area contributed by atoms with Crippen molar-refractivity contribution in [3.8, 4) is 11.5 Å². The smallest absolute Gasteiger partial charge is 0.315 e. The number of ether oxygens (including phenoxy) is 2. The summed E-state index contributed by atoms with van der Waals surface area (Å²) in [4.78, 5) is 16.1. The molecule has 0 fully saturated rings. The second-order valence-corrected chi connectivity index (χ2v) is 6.23. The number of nitrogens with one attached hydrogen (secondary N) is 2. The Morgan fingerprint density at radius 1 is 1.33 bits per heavy atom. The van der Waals surface area contributed by atoms with Crippen molar-refractivity contribution in [2.24, 2.45) is 0 Å². The van der Waals surface area contributed by atoms with E-state index in [1.165, 1.54) is 0 Å². The maximum Gasteiger partial charge on any atom is 0.315 e. The van der Waals surface area contributed by atoms with E-state index in [1.54, 1.807) is 12.5 Å². The van der Waals surface area contributed by atoms with Crippen LogP contribution < -0.4 is 20.1 Å². The molecule has 0 saturated heterocycles. The van der Waals surface area contributed by atoms with E-state index in [4.69, 9.17) is 9.47 Å². The Labute approximate surface area is 141 Å². The summed E-state index contributed by atoms with van der Waals surface area (Å²) < 4.78 is 12.7. The molecule has 7 nitrogen and oxygen atoms in total. The number of aryl methyl sites for hydroxylation is 1. The summed E-state index contributed by atoms with van der Waals surface area (Å²) in [5.74, 6) is 1.45. The fourth-order valence-corrected chi connectivity index (χ4v) is 2.57. The Kier molecular flexibility index (Phi) is 4.59. The lowest BCUT2D eigenvalue weighted by Crippen LogP contribution is -2.46. The van der Waals surface area contributed by atoms with Crippen LogP contribution in [0, 0.1) is 0 Å². The van der Waals surface area contributed by atoms with Crippen LogP contribution in [0.15, 0.2) is 36.9 Å². The molecule has 0 atom stereocenters. The molecule has 1 aromatic carbocycles. The Balaban J connectivity index is 1.49. The molecular formula is C17H22N4O3. The lowest BCUT2D eigenvalue weighted by atomic mass is 9.94. The molecule has 128 valence electrons. The van der Waals surface area contributed by atoms with Crippen molar-refractivity contribution in [3.05, 3.63) is 42.5 Å². The third kappa shape index (κ3) is 3.79. The minimum Gasteiger partial charge on any atom is -0.454 e. The molecule has 0 saturated carbocycles. The average Bonchev–Trinajstić information content (AvgIpc) is 3.21. The largest absolute Gasteiger partial charge is 0.454 e. The maximum atomic E-state index is 12.1. The molecule has 2 N–H and O–H groups in total. The van der Waals surface area contributed by atoms with E-state index in [9.17, 15) is 4.79 Å². The number of aromatic nitrogens is 2. The van der Waals surface area contributed by atoms with E-state index in [1.807, 2.05) is 42.8 Å². The van der Waals surface area contributed by atoms with Crippen LogP contribution in [0.5, 0.6) is 11.5 Å². The zero-order valence-electron chi connectivity index (χ0n) is 13.9. The minimum atomic E-state index is -0.518. The molecule has 0 aliphatic carbocycles. The van der Waals surface area contributed by atoms with Gasteiger partial charge in [-0.1, -0.05) is 6.07 Å². The molecule has 1 aliphatic rings. The van der Waals surface area contributed by atoms with Crippen LogP contribution in [0.2, 0.25) is 0 Å². The van der Waals surface area contributed by atoms with Crippen molar-refractivity contribution in [2.45, 2.75) is 32.4 Å². The molecule has 7 heteroatoms. The summed E-state index contributed by atoms with van der Waals surface area (Å²) in [5.41, 5.74) is 0.440. The Morgan fingerprint density at radius 2 is 2.17 bits per heavy atom. The number of fused-ring (bicyclic) bond motifs is 1. The van der Waals surface area contributed by atoms with Gasteiger partial charge in [-0.15, -0.1) is 0 Å². The number of benzene rings is 1. The summed E-state index contributed by atoms with van der Waals surface area (Å²) in [6.45, 7) is 5.57. The van der Waals surface area contributed by atoms with Crippen LogP contribution in [0.3, 0.4) is 0 Å². The number of hydrogen-bond donors (Lipinski definition) is 2. The van der Waals surface area contributed by atoms with Crippen molar-refractivity contribution in [1.82, 2.24) is 20.2 Å². The van der Waals surface area contributed by atoms with Gasteiger partial charge in [0.25, 0.3) is 0 Å². The van der Waals surface area contributed by atoms with Crippen LogP contribution in [-0.4, -0.2) is 28.9 Å². The van der Waals surface area contributed by atoms with Crippen molar-refractivity contribution in [1.29, 1.82) is 0 Å². The molecule has 24 heavy (non-hydrogen) atoms. The van der Waals surface area contributed by atoms with E-state index >= 15 is 0 Å². The van der Waals surface area contributed by atoms with Gasteiger partial charge in [0.2, 0.25) is 6.79 Å². The second kappa shape index (κ2) is 6.82. The molecule has 1 aliphatic heterocycles. The monoisotopic (exact) mass is 330 g/mol. The predicted octanol–water partition coefficient (Wildman–Crippen LogP) is 2.24. The first kappa shape index (κ1) is 16.2. The van der Waals surface area contributed by atoms with Gasteiger partial charge >= 0.3 is 6.03 Å². The fourth-order valence-electron chi connectivity index (χ4n) is 2.57. The van der Waals surface area contributed by atoms with Crippen molar-refractivity contribution in [3.63, 3.8) is 0 Å². The normalized spacial score (nSPS) is 12.9. The summed E-state index contributed by atoms with van der Waals surface area (Å²) >= 11 is 0. The molecular weight excluding hydrogens is 308 g/mol. The molecule has 3 rings (SSSR count). The third-order valence-electron chi connectivity index (χ3n) is 3.96. The van der Waals surface area contributed by atoms with E-state index < -0.39 is 5.54 Å². The average molecular weight is 330 g/mol. The predicted molar refractivity (Wildman–Crippen MR) is 89.0 cm³/mol. The first-order chi connectivity index (χ1) is 11.5.